The van der Waals surface area contributed by atoms with Gasteiger partial charge < -0.3 is 20.0 Å². The summed E-state index contributed by atoms with van der Waals surface area (Å²) in [5.74, 6) is -1.48. The van der Waals surface area contributed by atoms with Gasteiger partial charge in [0.15, 0.2) is 6.61 Å². The molecular weight excluding hydrogens is 329 g/mol. The zero-order chi connectivity index (χ0) is 16.1. The monoisotopic (exact) mass is 338 g/mol. The number of nitrogens with one attached hydrogen (secondary N) is 1. The van der Waals surface area contributed by atoms with Crippen LogP contribution >= 0.6 is 23.2 Å². The summed E-state index contributed by atoms with van der Waals surface area (Å²) in [6.07, 6.45) is 0. The van der Waals surface area contributed by atoms with Crippen molar-refractivity contribution < 1.29 is 19.4 Å². The number of carboxylic acids is 1. The van der Waals surface area contributed by atoms with Crippen molar-refractivity contribution in [3.63, 3.8) is 0 Å². The van der Waals surface area contributed by atoms with Crippen molar-refractivity contribution in [1.82, 2.24) is 0 Å². The van der Waals surface area contributed by atoms with Gasteiger partial charge in [-0.3, -0.25) is 4.79 Å². The average Bonchev–Trinajstić information content (AvgIpc) is 2.48. The summed E-state index contributed by atoms with van der Waals surface area (Å²) in [7, 11) is 0. The molecule has 7 heteroatoms. The molecule has 2 aromatic rings. The number of carboxylic acid groups (broad SMARTS) is 1. The first kappa shape index (κ1) is 16.1. The Bertz CT molecular complexity index is 701. The van der Waals surface area contributed by atoms with E-state index in [1.807, 2.05) is 0 Å². The number of amides is 1. The molecule has 0 unspecified atom stereocenters. The van der Waals surface area contributed by atoms with Gasteiger partial charge in [-0.1, -0.05) is 23.2 Å². The second-order valence-corrected chi connectivity index (χ2v) is 5.14. The van der Waals surface area contributed by atoms with E-state index in [1.165, 1.54) is 18.2 Å². The lowest BCUT2D eigenvalue weighted by atomic mass is 10.2. The minimum Gasteiger partial charge on any atom is -0.545 e. The van der Waals surface area contributed by atoms with Gasteiger partial charge in [-0.25, -0.2) is 0 Å². The first-order valence-electron chi connectivity index (χ1n) is 6.15. The topological polar surface area (TPSA) is 78.5 Å². The third-order valence-electron chi connectivity index (χ3n) is 2.66. The number of carbonyl (C=O) groups is 2. The van der Waals surface area contributed by atoms with Gasteiger partial charge in [0.1, 0.15) is 5.75 Å². The van der Waals surface area contributed by atoms with Gasteiger partial charge in [-0.2, -0.15) is 0 Å². The Labute approximate surface area is 136 Å². The number of benzene rings is 2. The zero-order valence-corrected chi connectivity index (χ0v) is 12.6. The summed E-state index contributed by atoms with van der Waals surface area (Å²) in [4.78, 5) is 22.8. The van der Waals surface area contributed by atoms with E-state index in [0.29, 0.717) is 10.8 Å². The maximum Gasteiger partial charge on any atom is 0.262 e. The van der Waals surface area contributed by atoms with E-state index in [1.54, 1.807) is 24.3 Å². The SMILES string of the molecule is O=C(COc1ccc(Cl)cc1)Nc1ccc(Cl)cc1C(=O)[O-]. The van der Waals surface area contributed by atoms with Crippen molar-refractivity contribution in [1.29, 1.82) is 0 Å². The molecule has 22 heavy (non-hydrogen) atoms. The molecule has 2 aromatic carbocycles. The Hall–Kier alpha value is -2.24. The second kappa shape index (κ2) is 7.15. The number of rotatable bonds is 5. The van der Waals surface area contributed by atoms with Crippen LogP contribution in [-0.4, -0.2) is 18.5 Å². The number of hydrogen-bond donors (Lipinski definition) is 1. The molecule has 0 bridgehead atoms. The highest BCUT2D eigenvalue weighted by Crippen LogP contribution is 2.20. The molecule has 1 amide bonds. The predicted octanol–water partition coefficient (Wildman–Crippen LogP) is 2.37. The maximum atomic E-state index is 11.8. The van der Waals surface area contributed by atoms with E-state index < -0.39 is 11.9 Å². The van der Waals surface area contributed by atoms with E-state index in [2.05, 4.69) is 5.32 Å². The van der Waals surface area contributed by atoms with Crippen LogP contribution in [0.5, 0.6) is 5.75 Å². The first-order valence-corrected chi connectivity index (χ1v) is 6.90. The van der Waals surface area contributed by atoms with E-state index >= 15 is 0 Å². The Morgan fingerprint density at radius 3 is 2.32 bits per heavy atom. The molecule has 114 valence electrons. The first-order chi connectivity index (χ1) is 10.5. The van der Waals surface area contributed by atoms with Crippen LogP contribution < -0.4 is 15.2 Å². The number of halogens is 2. The van der Waals surface area contributed by atoms with Crippen molar-refractivity contribution in [3.05, 3.63) is 58.1 Å². The molecule has 0 saturated carbocycles. The van der Waals surface area contributed by atoms with Crippen LogP contribution in [-0.2, 0) is 4.79 Å². The van der Waals surface area contributed by atoms with Crippen molar-refractivity contribution in [2.75, 3.05) is 11.9 Å². The molecule has 0 aliphatic heterocycles. The number of hydrogen-bond acceptors (Lipinski definition) is 4. The summed E-state index contributed by atoms with van der Waals surface area (Å²) in [6, 6.07) is 10.5. The molecule has 0 heterocycles. The van der Waals surface area contributed by atoms with Crippen LogP contribution in [0.25, 0.3) is 0 Å². The lowest BCUT2D eigenvalue weighted by Crippen LogP contribution is -2.26. The van der Waals surface area contributed by atoms with Crippen molar-refractivity contribution >= 4 is 40.8 Å². The summed E-state index contributed by atoms with van der Waals surface area (Å²) in [5, 5.41) is 14.2. The molecule has 0 radical (unpaired) electrons. The lowest BCUT2D eigenvalue weighted by molar-refractivity contribution is -0.254. The molecular formula is C15H10Cl2NO4-. The van der Waals surface area contributed by atoms with Gasteiger partial charge in [0.2, 0.25) is 0 Å². The van der Waals surface area contributed by atoms with Crippen LogP contribution in [0.3, 0.4) is 0 Å². The minimum absolute atomic E-state index is 0.0918. The number of ether oxygens (including phenoxy) is 1. The van der Waals surface area contributed by atoms with Gasteiger partial charge >= 0.3 is 0 Å². The van der Waals surface area contributed by atoms with Gasteiger partial charge in [0.05, 0.1) is 11.7 Å². The summed E-state index contributed by atoms with van der Waals surface area (Å²) < 4.78 is 5.26. The zero-order valence-electron chi connectivity index (χ0n) is 11.1. The highest BCUT2D eigenvalue weighted by molar-refractivity contribution is 6.31. The lowest BCUT2D eigenvalue weighted by Gasteiger charge is -2.12. The fraction of sp³-hybridized carbons (Fsp3) is 0.0667. The highest BCUT2D eigenvalue weighted by Gasteiger charge is 2.09. The Morgan fingerprint density at radius 2 is 1.68 bits per heavy atom. The average molecular weight is 339 g/mol. The van der Waals surface area contributed by atoms with E-state index in [-0.39, 0.29) is 22.9 Å². The molecule has 0 aliphatic carbocycles. The standard InChI is InChI=1S/C15H11Cl2NO4/c16-9-1-4-11(5-2-9)22-8-14(19)18-13-6-3-10(17)7-12(13)15(20)21/h1-7H,8H2,(H,18,19)(H,20,21)/p-1. The van der Waals surface area contributed by atoms with E-state index in [4.69, 9.17) is 27.9 Å². The van der Waals surface area contributed by atoms with Gasteiger partial charge in [0, 0.05) is 15.6 Å². The van der Waals surface area contributed by atoms with E-state index in [9.17, 15) is 14.7 Å². The van der Waals surface area contributed by atoms with Gasteiger partial charge in [0.25, 0.3) is 5.91 Å². The molecule has 0 atom stereocenters. The van der Waals surface area contributed by atoms with Crippen LogP contribution in [0.15, 0.2) is 42.5 Å². The molecule has 0 spiro atoms. The van der Waals surface area contributed by atoms with Crippen molar-refractivity contribution in [2.45, 2.75) is 0 Å². The fourth-order valence-electron chi connectivity index (χ4n) is 1.66. The molecule has 0 fully saturated rings. The maximum absolute atomic E-state index is 11.8. The fourth-order valence-corrected chi connectivity index (χ4v) is 1.96. The van der Waals surface area contributed by atoms with Crippen LogP contribution in [0.2, 0.25) is 10.0 Å². The second-order valence-electron chi connectivity index (χ2n) is 4.27. The third kappa shape index (κ3) is 4.38. The molecule has 0 aliphatic rings. The van der Waals surface area contributed by atoms with Crippen LogP contribution in [0.1, 0.15) is 10.4 Å². The molecule has 0 aromatic heterocycles. The Morgan fingerprint density at radius 1 is 1.05 bits per heavy atom. The Balaban J connectivity index is 2.00. The van der Waals surface area contributed by atoms with Gasteiger partial charge in [-0.05, 0) is 42.5 Å². The number of carbonyl (C=O) groups excluding carboxylic acids is 2. The number of anilines is 1. The summed E-state index contributed by atoms with van der Waals surface area (Å²) >= 11 is 11.4. The van der Waals surface area contributed by atoms with Crippen LogP contribution in [0.4, 0.5) is 5.69 Å². The quantitative estimate of drug-likeness (QED) is 0.907. The highest BCUT2D eigenvalue weighted by atomic mass is 35.5. The number of aromatic carboxylic acids is 1. The van der Waals surface area contributed by atoms with Gasteiger partial charge in [-0.15, -0.1) is 0 Å². The molecule has 1 N–H and O–H groups in total. The smallest absolute Gasteiger partial charge is 0.262 e. The Kier molecular flexibility index (Phi) is 5.25. The minimum atomic E-state index is -1.43. The normalized spacial score (nSPS) is 10.1. The molecule has 5 nitrogen and oxygen atoms in total. The van der Waals surface area contributed by atoms with Crippen molar-refractivity contribution in [3.8, 4) is 5.75 Å². The summed E-state index contributed by atoms with van der Waals surface area (Å²) in [6.45, 7) is -0.281. The third-order valence-corrected chi connectivity index (χ3v) is 3.15. The largest absolute Gasteiger partial charge is 0.545 e. The summed E-state index contributed by atoms with van der Waals surface area (Å²) in [5.41, 5.74) is -0.110. The van der Waals surface area contributed by atoms with Crippen molar-refractivity contribution in [2.24, 2.45) is 0 Å². The molecule has 0 saturated heterocycles. The molecule has 2 rings (SSSR count). The van der Waals surface area contributed by atoms with E-state index in [0.717, 1.165) is 0 Å². The predicted molar refractivity (Wildman–Crippen MR) is 81.4 cm³/mol. The van der Waals surface area contributed by atoms with Crippen LogP contribution in [0, 0.1) is 0 Å².